The van der Waals surface area contributed by atoms with Crippen molar-refractivity contribution < 1.29 is 9.90 Å². The molecule has 1 atom stereocenters. The molecular weight excluding hydrogens is 240 g/mol. The van der Waals surface area contributed by atoms with Crippen LogP contribution in [0.25, 0.3) is 0 Å². The molecule has 0 bridgehead atoms. The molecule has 0 heterocycles. The molecule has 0 saturated carbocycles. The second-order valence-electron chi connectivity index (χ2n) is 5.32. The minimum absolute atomic E-state index is 0.0131. The molecule has 1 amide bonds. The Labute approximate surface area is 115 Å². The maximum Gasteiger partial charge on any atom is 0.236 e. The van der Waals surface area contributed by atoms with Crippen LogP contribution in [0.4, 0.5) is 0 Å². The van der Waals surface area contributed by atoms with E-state index in [1.54, 1.807) is 0 Å². The van der Waals surface area contributed by atoms with Gasteiger partial charge in [0.15, 0.2) is 0 Å². The molecule has 1 rings (SSSR count). The maximum atomic E-state index is 11.8. The van der Waals surface area contributed by atoms with Gasteiger partial charge in [0.25, 0.3) is 0 Å². The Balaban J connectivity index is 2.47. The summed E-state index contributed by atoms with van der Waals surface area (Å²) in [6, 6.07) is 5.33. The normalized spacial score (nSPS) is 12.5. The van der Waals surface area contributed by atoms with Crippen molar-refractivity contribution in [1.29, 1.82) is 0 Å². The molecule has 106 valence electrons. The standard InChI is InChI=1S/C15H24N2O2/c1-10(2)8-17-15(19)12(4)16-9-13-7-5-6-11(3)14(13)18/h5-7,10,12,16,18H,8-9H2,1-4H3,(H,17,19). The van der Waals surface area contributed by atoms with Crippen molar-refractivity contribution in [2.45, 2.75) is 40.3 Å². The molecule has 19 heavy (non-hydrogen) atoms. The number of benzene rings is 1. The van der Waals surface area contributed by atoms with E-state index in [9.17, 15) is 9.90 Å². The monoisotopic (exact) mass is 264 g/mol. The molecule has 1 unspecified atom stereocenters. The van der Waals surface area contributed by atoms with Crippen LogP contribution in [-0.2, 0) is 11.3 Å². The second kappa shape index (κ2) is 7.14. The van der Waals surface area contributed by atoms with Crippen LogP contribution in [0.1, 0.15) is 31.9 Å². The second-order valence-corrected chi connectivity index (χ2v) is 5.32. The molecule has 0 aliphatic carbocycles. The Morgan fingerprint density at radius 1 is 1.32 bits per heavy atom. The van der Waals surface area contributed by atoms with E-state index in [2.05, 4.69) is 24.5 Å². The van der Waals surface area contributed by atoms with E-state index in [0.717, 1.165) is 11.1 Å². The van der Waals surface area contributed by atoms with Gasteiger partial charge in [0.05, 0.1) is 6.04 Å². The van der Waals surface area contributed by atoms with Crippen LogP contribution in [0, 0.1) is 12.8 Å². The van der Waals surface area contributed by atoms with Crippen LogP contribution in [0.5, 0.6) is 5.75 Å². The first-order valence-corrected chi connectivity index (χ1v) is 6.70. The molecule has 1 aromatic carbocycles. The molecule has 1 aromatic rings. The summed E-state index contributed by atoms with van der Waals surface area (Å²) < 4.78 is 0. The van der Waals surface area contributed by atoms with Crippen LogP contribution in [0.2, 0.25) is 0 Å². The lowest BCUT2D eigenvalue weighted by Gasteiger charge is -2.16. The third-order valence-electron chi connectivity index (χ3n) is 3.00. The van der Waals surface area contributed by atoms with E-state index in [1.807, 2.05) is 32.0 Å². The SMILES string of the molecule is Cc1cccc(CNC(C)C(=O)NCC(C)C)c1O. The summed E-state index contributed by atoms with van der Waals surface area (Å²) in [5.74, 6) is 0.725. The van der Waals surface area contributed by atoms with Gasteiger partial charge >= 0.3 is 0 Å². The number of amides is 1. The molecule has 0 spiro atoms. The fourth-order valence-electron chi connectivity index (χ4n) is 1.68. The number of carbonyl (C=O) groups excluding carboxylic acids is 1. The highest BCUT2D eigenvalue weighted by atomic mass is 16.3. The van der Waals surface area contributed by atoms with Gasteiger partial charge in [-0.25, -0.2) is 0 Å². The average Bonchev–Trinajstić information content (AvgIpc) is 2.37. The molecule has 0 fully saturated rings. The van der Waals surface area contributed by atoms with E-state index in [1.165, 1.54) is 0 Å². The van der Waals surface area contributed by atoms with Crippen molar-refractivity contribution >= 4 is 5.91 Å². The van der Waals surface area contributed by atoms with Gasteiger partial charge in [-0.3, -0.25) is 4.79 Å². The van der Waals surface area contributed by atoms with Crippen molar-refractivity contribution in [3.8, 4) is 5.75 Å². The maximum absolute atomic E-state index is 11.8. The van der Waals surface area contributed by atoms with Gasteiger partial charge in [0.1, 0.15) is 5.75 Å². The first-order valence-electron chi connectivity index (χ1n) is 6.70. The molecule has 0 aliphatic heterocycles. The first-order chi connectivity index (χ1) is 8.91. The average molecular weight is 264 g/mol. The molecule has 0 saturated heterocycles. The minimum atomic E-state index is -0.279. The van der Waals surface area contributed by atoms with Gasteiger partial charge < -0.3 is 15.7 Å². The third-order valence-corrected chi connectivity index (χ3v) is 3.00. The number of aromatic hydroxyl groups is 1. The summed E-state index contributed by atoms with van der Waals surface area (Å²) in [6.07, 6.45) is 0. The predicted molar refractivity (Wildman–Crippen MR) is 77.0 cm³/mol. The zero-order valence-corrected chi connectivity index (χ0v) is 12.2. The molecule has 3 N–H and O–H groups in total. The summed E-state index contributed by atoms with van der Waals surface area (Å²) in [5.41, 5.74) is 1.65. The van der Waals surface area contributed by atoms with E-state index >= 15 is 0 Å². The summed E-state index contributed by atoms with van der Waals surface area (Å²) in [4.78, 5) is 11.8. The lowest BCUT2D eigenvalue weighted by molar-refractivity contribution is -0.122. The van der Waals surface area contributed by atoms with Crippen molar-refractivity contribution in [3.05, 3.63) is 29.3 Å². The molecular formula is C15H24N2O2. The summed E-state index contributed by atoms with van der Waals surface area (Å²) >= 11 is 0. The fraction of sp³-hybridized carbons (Fsp3) is 0.533. The highest BCUT2D eigenvalue weighted by Gasteiger charge is 2.13. The van der Waals surface area contributed by atoms with Crippen LogP contribution in [0.15, 0.2) is 18.2 Å². The largest absolute Gasteiger partial charge is 0.507 e. The fourth-order valence-corrected chi connectivity index (χ4v) is 1.68. The van der Waals surface area contributed by atoms with Crippen LogP contribution >= 0.6 is 0 Å². The van der Waals surface area contributed by atoms with Crippen LogP contribution in [0.3, 0.4) is 0 Å². The molecule has 0 radical (unpaired) electrons. The molecule has 4 heteroatoms. The van der Waals surface area contributed by atoms with Gasteiger partial charge in [0.2, 0.25) is 5.91 Å². The number of hydrogen-bond acceptors (Lipinski definition) is 3. The number of rotatable bonds is 6. The zero-order chi connectivity index (χ0) is 14.4. The van der Waals surface area contributed by atoms with E-state index < -0.39 is 0 Å². The minimum Gasteiger partial charge on any atom is -0.507 e. The van der Waals surface area contributed by atoms with Gasteiger partial charge in [-0.2, -0.15) is 0 Å². The summed E-state index contributed by atoms with van der Waals surface area (Å²) in [5, 5.41) is 15.9. The van der Waals surface area contributed by atoms with Gasteiger partial charge in [-0.05, 0) is 25.3 Å². The summed E-state index contributed by atoms with van der Waals surface area (Å²) in [6.45, 7) is 8.96. The number of hydrogen-bond donors (Lipinski definition) is 3. The highest BCUT2D eigenvalue weighted by Crippen LogP contribution is 2.20. The van der Waals surface area contributed by atoms with Gasteiger partial charge in [-0.1, -0.05) is 32.0 Å². The highest BCUT2D eigenvalue weighted by molar-refractivity contribution is 5.81. The smallest absolute Gasteiger partial charge is 0.236 e. The summed E-state index contributed by atoms with van der Waals surface area (Å²) in [7, 11) is 0. The van der Waals surface area contributed by atoms with Gasteiger partial charge in [-0.15, -0.1) is 0 Å². The Hall–Kier alpha value is -1.55. The zero-order valence-electron chi connectivity index (χ0n) is 12.2. The lowest BCUT2D eigenvalue weighted by Crippen LogP contribution is -2.42. The van der Waals surface area contributed by atoms with Crippen LogP contribution < -0.4 is 10.6 Å². The van der Waals surface area contributed by atoms with Crippen molar-refractivity contribution in [1.82, 2.24) is 10.6 Å². The van der Waals surface area contributed by atoms with Crippen LogP contribution in [-0.4, -0.2) is 23.6 Å². The number of nitrogens with one attached hydrogen (secondary N) is 2. The van der Waals surface area contributed by atoms with Crippen molar-refractivity contribution in [2.24, 2.45) is 5.92 Å². The van der Waals surface area contributed by atoms with Crippen molar-refractivity contribution in [2.75, 3.05) is 6.54 Å². The molecule has 0 aliphatic rings. The third kappa shape index (κ3) is 4.91. The van der Waals surface area contributed by atoms with E-state index in [0.29, 0.717) is 24.8 Å². The Bertz CT molecular complexity index is 430. The first kappa shape index (κ1) is 15.5. The topological polar surface area (TPSA) is 61.4 Å². The van der Waals surface area contributed by atoms with Crippen molar-refractivity contribution in [3.63, 3.8) is 0 Å². The lowest BCUT2D eigenvalue weighted by atomic mass is 10.1. The number of phenols is 1. The Morgan fingerprint density at radius 3 is 2.63 bits per heavy atom. The number of aryl methyl sites for hydroxylation is 1. The van der Waals surface area contributed by atoms with Gasteiger partial charge in [0, 0.05) is 18.7 Å². The number of phenolic OH excluding ortho intramolecular Hbond substituents is 1. The predicted octanol–water partition coefficient (Wildman–Crippen LogP) is 1.95. The number of carbonyl (C=O) groups is 1. The quantitative estimate of drug-likeness (QED) is 0.736. The number of para-hydroxylation sites is 1. The van der Waals surface area contributed by atoms with E-state index in [-0.39, 0.29) is 11.9 Å². The Morgan fingerprint density at radius 2 is 2.00 bits per heavy atom. The molecule has 0 aromatic heterocycles. The van der Waals surface area contributed by atoms with E-state index in [4.69, 9.17) is 0 Å². The Kier molecular flexibility index (Phi) is 5.83. The molecule has 4 nitrogen and oxygen atoms in total.